The van der Waals surface area contributed by atoms with Crippen LogP contribution in [0.1, 0.15) is 170 Å². The molecule has 8 aliphatic carbocycles. The summed E-state index contributed by atoms with van der Waals surface area (Å²) in [5.41, 5.74) is 12.1. The van der Waals surface area contributed by atoms with Gasteiger partial charge in [-0.2, -0.15) is 0 Å². The minimum atomic E-state index is -1.13. The molecular formula is C62H79N3O5. The second-order valence-corrected chi connectivity index (χ2v) is 26.9. The lowest BCUT2D eigenvalue weighted by molar-refractivity contribution is -0.282. The van der Waals surface area contributed by atoms with Crippen LogP contribution in [0.25, 0.3) is 0 Å². The molecule has 9 bridgehead atoms. The van der Waals surface area contributed by atoms with E-state index in [1.165, 1.54) is 115 Å². The van der Waals surface area contributed by atoms with Crippen molar-refractivity contribution in [2.45, 2.75) is 178 Å². The SMILES string of the molecule is C[C@@H]1CC2=C3[C@H]4C5=C6[C@H](/C=C\[C@@H](C7CCCCC7)C[C@H]7[C@]68C(=O)O/C(=C(/O)[C@@H]6C[C@H]9CC[C@H](C%10CCCCC%10)[C@@H]6N6C[C@@H]%10C[C@@H](CN3[C@@H]%10CC2)[C@@H]96)[C@@]8(CC5)[C@]72OC(=O)c3c(CCCN)cccc32)C[C@H]41. The minimum absolute atomic E-state index is 0.110. The molecule has 0 unspecified atom stereocenters. The highest BCUT2D eigenvalue weighted by Crippen LogP contribution is 2.88. The zero-order valence-corrected chi connectivity index (χ0v) is 42.1. The third-order valence-corrected chi connectivity index (χ3v) is 24.8. The van der Waals surface area contributed by atoms with Crippen molar-refractivity contribution in [2.24, 2.45) is 93.5 Å². The number of fused-ring (bicyclic) bond motifs is 8. The van der Waals surface area contributed by atoms with E-state index < -0.39 is 16.4 Å². The molecule has 17 atom stereocenters. The summed E-state index contributed by atoms with van der Waals surface area (Å²) < 4.78 is 14.9. The summed E-state index contributed by atoms with van der Waals surface area (Å²) in [7, 11) is 0. The molecule has 372 valence electrons. The van der Waals surface area contributed by atoms with Crippen molar-refractivity contribution in [1.82, 2.24) is 9.80 Å². The van der Waals surface area contributed by atoms with Crippen molar-refractivity contribution in [1.29, 1.82) is 0 Å². The van der Waals surface area contributed by atoms with Crippen LogP contribution in [0.5, 0.6) is 0 Å². The van der Waals surface area contributed by atoms with E-state index in [0.717, 1.165) is 49.8 Å². The summed E-state index contributed by atoms with van der Waals surface area (Å²) >= 11 is 0. The van der Waals surface area contributed by atoms with Gasteiger partial charge < -0.3 is 25.2 Å². The lowest BCUT2D eigenvalue weighted by Gasteiger charge is -2.73. The van der Waals surface area contributed by atoms with Gasteiger partial charge in [0.05, 0.1) is 11.0 Å². The lowest BCUT2D eigenvalue weighted by Crippen LogP contribution is -2.78. The number of benzene rings is 1. The van der Waals surface area contributed by atoms with Crippen LogP contribution < -0.4 is 5.73 Å². The highest BCUT2D eigenvalue weighted by atomic mass is 16.6. The maximum Gasteiger partial charge on any atom is 0.339 e. The first kappa shape index (κ1) is 43.1. The number of aliphatic hydroxyl groups excluding tert-OH is 1. The van der Waals surface area contributed by atoms with Gasteiger partial charge in [0.15, 0.2) is 11.4 Å². The van der Waals surface area contributed by atoms with Crippen molar-refractivity contribution in [3.63, 3.8) is 0 Å². The van der Waals surface area contributed by atoms with Gasteiger partial charge in [0.1, 0.15) is 11.2 Å². The second-order valence-electron chi connectivity index (χ2n) is 26.9. The van der Waals surface area contributed by atoms with E-state index in [2.05, 4.69) is 47.1 Å². The van der Waals surface area contributed by atoms with E-state index >= 15 is 9.59 Å². The van der Waals surface area contributed by atoms with Crippen LogP contribution in [0.4, 0.5) is 0 Å². The molecule has 17 rings (SSSR count). The molecule has 8 heterocycles. The molecule has 5 saturated heterocycles. The molecule has 8 heteroatoms. The van der Waals surface area contributed by atoms with Crippen LogP contribution in [-0.4, -0.2) is 64.6 Å². The predicted molar refractivity (Wildman–Crippen MR) is 267 cm³/mol. The summed E-state index contributed by atoms with van der Waals surface area (Å²) in [6.07, 6.45) is 31.5. The molecule has 70 heavy (non-hydrogen) atoms. The molecule has 1 aromatic rings. The molecule has 1 aromatic carbocycles. The molecule has 9 fully saturated rings. The number of esters is 2. The van der Waals surface area contributed by atoms with E-state index in [0.29, 0.717) is 102 Å². The van der Waals surface area contributed by atoms with Crippen LogP contribution in [0, 0.1) is 87.8 Å². The first-order valence-corrected chi connectivity index (χ1v) is 29.7. The summed E-state index contributed by atoms with van der Waals surface area (Å²) in [6, 6.07) is 7.82. The number of carbonyl (C=O) groups is 2. The average molecular weight is 946 g/mol. The monoisotopic (exact) mass is 946 g/mol. The molecule has 4 saturated carbocycles. The number of ether oxygens (including phenoxy) is 2. The zero-order valence-electron chi connectivity index (χ0n) is 42.1. The van der Waals surface area contributed by atoms with Gasteiger partial charge >= 0.3 is 11.9 Å². The fourth-order valence-electron chi connectivity index (χ4n) is 22.7. The first-order valence-electron chi connectivity index (χ1n) is 29.7. The summed E-state index contributed by atoms with van der Waals surface area (Å²) in [6.45, 7) is 5.46. The van der Waals surface area contributed by atoms with Gasteiger partial charge in [-0.1, -0.05) is 99.8 Å². The van der Waals surface area contributed by atoms with Crippen LogP contribution in [-0.2, 0) is 26.3 Å². The Balaban J connectivity index is 1.00. The Bertz CT molecular complexity index is 2580. The van der Waals surface area contributed by atoms with Crippen LogP contribution in [0.15, 0.2) is 64.3 Å². The standard InChI is InChI=1S/C62H79N3O5/c1-33-26-39-20-22-48-41-27-42-32-64(48)54(39)51-44-23-24-60-57(56(66)46-29-40-19-21-43(35-12-6-3-7-13-35)55(46)65(31-41)53(40)42)69-59(68)61(60)49(62(60)47-16-8-14-36(15-9-25-63)50(47)58(67)70-62)30-37(34-10-4-2-5-11-34)17-18-38(52(44)61)28-45(33)51/h8,14,16-18,33-35,37-38,40-43,45-46,48-49,51,53,55,66H,2-7,9-13,15,19-32,63H2,1H3/b18-17-,57-56+/t33-,37-,38-,40-,41+,42+,43-,45+,46-,48-,49+,51+,53-,55+,60-,61-,62-/m1/s1. The number of rotatable bonds is 5. The second kappa shape index (κ2) is 15.1. The maximum atomic E-state index is 16.7. The van der Waals surface area contributed by atoms with E-state index in [9.17, 15) is 5.11 Å². The Labute approximate surface area is 416 Å². The highest BCUT2D eigenvalue weighted by molar-refractivity contribution is 6.00. The smallest absolute Gasteiger partial charge is 0.339 e. The molecule has 3 spiro atoms. The Morgan fingerprint density at radius 1 is 0.814 bits per heavy atom. The van der Waals surface area contributed by atoms with E-state index in [1.807, 2.05) is 0 Å². The normalized spacial score (nSPS) is 48.9. The van der Waals surface area contributed by atoms with Crippen LogP contribution in [0.3, 0.4) is 0 Å². The predicted octanol–water partition coefficient (Wildman–Crippen LogP) is 11.5. The largest absolute Gasteiger partial charge is 0.508 e. The topological polar surface area (TPSA) is 105 Å². The lowest BCUT2D eigenvalue weighted by atomic mass is 9.27. The van der Waals surface area contributed by atoms with Crippen molar-refractivity contribution in [2.75, 3.05) is 19.6 Å². The summed E-state index contributed by atoms with van der Waals surface area (Å²) in [5.74, 6) is 5.43. The quantitative estimate of drug-likeness (QED) is 0.222. The van der Waals surface area contributed by atoms with Gasteiger partial charge in [-0.25, -0.2) is 4.79 Å². The number of nitrogens with zero attached hydrogens (tertiary/aromatic N) is 2. The third kappa shape index (κ3) is 5.10. The molecule has 0 radical (unpaired) electrons. The summed E-state index contributed by atoms with van der Waals surface area (Å²) in [4.78, 5) is 38.2. The van der Waals surface area contributed by atoms with Crippen LogP contribution in [0.2, 0.25) is 0 Å². The molecule has 16 aliphatic rings. The minimum Gasteiger partial charge on any atom is -0.508 e. The number of aliphatic hydroxyl groups is 1. The number of carbonyl (C=O) groups excluding carboxylic acids is 2. The fraction of sp³-hybridized carbons (Fsp3) is 0.742. The highest BCUT2D eigenvalue weighted by Gasteiger charge is 2.94. The number of piperidine rings is 3. The Morgan fingerprint density at radius 3 is 2.47 bits per heavy atom. The van der Waals surface area contributed by atoms with E-state index in [-0.39, 0.29) is 41.7 Å². The Morgan fingerprint density at radius 2 is 1.64 bits per heavy atom. The van der Waals surface area contributed by atoms with Gasteiger partial charge in [0.2, 0.25) is 0 Å². The Hall–Kier alpha value is -3.36. The van der Waals surface area contributed by atoms with Crippen molar-refractivity contribution >= 4 is 11.9 Å². The molecule has 0 aromatic heterocycles. The molecule has 8 nitrogen and oxygen atoms in total. The van der Waals surface area contributed by atoms with Gasteiger partial charge in [-0.3, -0.25) is 9.69 Å². The van der Waals surface area contributed by atoms with Gasteiger partial charge in [0.25, 0.3) is 0 Å². The molecule has 8 aliphatic heterocycles. The Kier molecular flexibility index (Phi) is 9.31. The maximum absolute atomic E-state index is 16.7. The van der Waals surface area contributed by atoms with E-state index in [1.54, 1.807) is 16.8 Å². The van der Waals surface area contributed by atoms with Crippen molar-refractivity contribution in [3.8, 4) is 0 Å². The zero-order chi connectivity index (χ0) is 46.6. The number of hydrogen-bond donors (Lipinski definition) is 2. The number of allylic oxidation sites excluding steroid dienone is 4. The number of hydrogen-bond acceptors (Lipinski definition) is 8. The molecule has 3 N–H and O–H groups in total. The van der Waals surface area contributed by atoms with Gasteiger partial charge in [-0.15, -0.1) is 0 Å². The van der Waals surface area contributed by atoms with Crippen molar-refractivity contribution < 1.29 is 24.2 Å². The van der Waals surface area contributed by atoms with Crippen LogP contribution >= 0.6 is 0 Å². The van der Waals surface area contributed by atoms with Gasteiger partial charge in [0, 0.05) is 60.2 Å². The molecule has 0 amide bonds. The van der Waals surface area contributed by atoms with Crippen molar-refractivity contribution in [3.05, 3.63) is 81.0 Å². The summed E-state index contributed by atoms with van der Waals surface area (Å²) in [5, 5.41) is 14.2. The number of nitrogens with two attached hydrogens (primary N) is 1. The first-order chi connectivity index (χ1) is 34.3. The third-order valence-electron chi connectivity index (χ3n) is 24.8. The molecular weight excluding hydrogens is 867 g/mol. The fourth-order valence-corrected chi connectivity index (χ4v) is 22.7. The number of aryl methyl sites for hydroxylation is 1. The average Bonchev–Trinajstić information content (AvgIpc) is 3.67. The van der Waals surface area contributed by atoms with E-state index in [4.69, 9.17) is 15.2 Å². The van der Waals surface area contributed by atoms with Gasteiger partial charge in [-0.05, 0) is 173 Å².